The first-order chi connectivity index (χ1) is 15.5. The highest BCUT2D eigenvalue weighted by Gasteiger charge is 2.30. The average molecular weight is 452 g/mol. The lowest BCUT2D eigenvalue weighted by Gasteiger charge is -2.18. The monoisotopic (exact) mass is 451 g/mol. The first kappa shape index (κ1) is 20.8. The van der Waals surface area contributed by atoms with Crippen LogP contribution in [-0.4, -0.2) is 64.7 Å². The van der Waals surface area contributed by atoms with Crippen molar-refractivity contribution in [2.45, 2.75) is 30.2 Å². The molecule has 166 valence electrons. The molecule has 2 saturated heterocycles. The van der Waals surface area contributed by atoms with E-state index in [0.29, 0.717) is 31.7 Å². The topological polar surface area (TPSA) is 88.4 Å². The van der Waals surface area contributed by atoms with Crippen LogP contribution in [0.4, 0.5) is 0 Å². The molecule has 2 fully saturated rings. The molecule has 1 amide bonds. The summed E-state index contributed by atoms with van der Waals surface area (Å²) >= 11 is 0. The number of amides is 1. The van der Waals surface area contributed by atoms with Crippen LogP contribution in [-0.2, 0) is 10.0 Å². The quantitative estimate of drug-likeness (QED) is 0.595. The summed E-state index contributed by atoms with van der Waals surface area (Å²) in [6.45, 7) is 2.29. The van der Waals surface area contributed by atoms with Gasteiger partial charge in [0.25, 0.3) is 5.91 Å². The highest BCUT2D eigenvalue weighted by Crippen LogP contribution is 2.26. The zero-order chi connectivity index (χ0) is 22.1. The second-order valence-corrected chi connectivity index (χ2v) is 10.2. The molecule has 8 nitrogen and oxygen atoms in total. The third kappa shape index (κ3) is 3.93. The fourth-order valence-electron chi connectivity index (χ4n) is 4.37. The predicted molar refractivity (Wildman–Crippen MR) is 119 cm³/mol. The minimum atomic E-state index is -3.48. The standard InChI is InChI=1S/C23H25N5O3S/c29-23(19-8-10-21(11-9-19)32(30,31)27-13-4-5-14-27)26-15-12-20(16-26)28-17-22(24-25-28)18-6-2-1-3-7-18/h1-3,6-11,17,20H,4-5,12-16H2. The summed E-state index contributed by atoms with van der Waals surface area (Å²) in [4.78, 5) is 15.0. The number of sulfonamides is 1. The smallest absolute Gasteiger partial charge is 0.253 e. The van der Waals surface area contributed by atoms with Gasteiger partial charge in [0, 0.05) is 37.3 Å². The second kappa shape index (κ2) is 8.48. The normalized spacial score (nSPS) is 19.5. The molecule has 2 aliphatic heterocycles. The molecule has 32 heavy (non-hydrogen) atoms. The van der Waals surface area contributed by atoms with Crippen molar-refractivity contribution in [1.29, 1.82) is 0 Å². The van der Waals surface area contributed by atoms with Crippen molar-refractivity contribution >= 4 is 15.9 Å². The van der Waals surface area contributed by atoms with Crippen LogP contribution < -0.4 is 0 Å². The molecule has 0 bridgehead atoms. The number of nitrogens with zero attached hydrogens (tertiary/aromatic N) is 5. The number of hydrogen-bond acceptors (Lipinski definition) is 5. The zero-order valence-corrected chi connectivity index (χ0v) is 18.5. The van der Waals surface area contributed by atoms with E-state index < -0.39 is 10.0 Å². The van der Waals surface area contributed by atoms with E-state index in [1.54, 1.807) is 17.0 Å². The molecule has 0 aliphatic carbocycles. The minimum Gasteiger partial charge on any atom is -0.336 e. The molecular weight excluding hydrogens is 426 g/mol. The summed E-state index contributed by atoms with van der Waals surface area (Å²) in [5.41, 5.74) is 2.31. The Bertz CT molecular complexity index is 1200. The number of carbonyl (C=O) groups is 1. The number of carbonyl (C=O) groups excluding carboxylic acids is 1. The SMILES string of the molecule is O=C(c1ccc(S(=O)(=O)N2CCCC2)cc1)N1CCC(n2cc(-c3ccccc3)nn2)C1. The molecule has 0 spiro atoms. The van der Waals surface area contributed by atoms with Gasteiger partial charge in [-0.05, 0) is 43.5 Å². The Kier molecular flexibility index (Phi) is 5.52. The maximum Gasteiger partial charge on any atom is 0.253 e. The molecule has 9 heteroatoms. The Morgan fingerprint density at radius 1 is 0.938 bits per heavy atom. The third-order valence-corrected chi connectivity index (χ3v) is 8.12. The van der Waals surface area contributed by atoms with Crippen LogP contribution in [0.1, 0.15) is 35.7 Å². The van der Waals surface area contributed by atoms with Gasteiger partial charge in [-0.1, -0.05) is 35.5 Å². The van der Waals surface area contributed by atoms with Crippen LogP contribution in [0.2, 0.25) is 0 Å². The molecule has 5 rings (SSSR count). The molecule has 2 aromatic carbocycles. The van der Waals surface area contributed by atoms with E-state index in [-0.39, 0.29) is 16.8 Å². The molecule has 1 unspecified atom stereocenters. The first-order valence-electron chi connectivity index (χ1n) is 10.9. The second-order valence-electron chi connectivity index (χ2n) is 8.28. The van der Waals surface area contributed by atoms with Crippen LogP contribution in [0.5, 0.6) is 0 Å². The molecule has 1 aromatic heterocycles. The Morgan fingerprint density at radius 3 is 2.38 bits per heavy atom. The molecule has 0 N–H and O–H groups in total. The van der Waals surface area contributed by atoms with Gasteiger partial charge < -0.3 is 4.90 Å². The molecule has 0 radical (unpaired) electrons. The minimum absolute atomic E-state index is 0.0683. The summed E-state index contributed by atoms with van der Waals surface area (Å²) in [6.07, 6.45) is 4.51. The van der Waals surface area contributed by atoms with Crippen molar-refractivity contribution < 1.29 is 13.2 Å². The van der Waals surface area contributed by atoms with E-state index >= 15 is 0 Å². The molecule has 0 saturated carbocycles. The zero-order valence-electron chi connectivity index (χ0n) is 17.7. The van der Waals surface area contributed by atoms with Gasteiger partial charge in [-0.2, -0.15) is 4.31 Å². The summed E-state index contributed by atoms with van der Waals surface area (Å²) < 4.78 is 28.7. The maximum atomic E-state index is 13.0. The highest BCUT2D eigenvalue weighted by molar-refractivity contribution is 7.89. The van der Waals surface area contributed by atoms with Crippen LogP contribution in [0, 0.1) is 0 Å². The predicted octanol–water partition coefficient (Wildman–Crippen LogP) is 2.82. The van der Waals surface area contributed by atoms with Gasteiger partial charge in [-0.25, -0.2) is 13.1 Å². The number of likely N-dealkylation sites (tertiary alicyclic amines) is 1. The summed E-state index contributed by atoms with van der Waals surface area (Å²) in [6, 6.07) is 16.2. The van der Waals surface area contributed by atoms with E-state index in [1.165, 1.54) is 16.4 Å². The fraction of sp³-hybridized carbons (Fsp3) is 0.348. The number of benzene rings is 2. The number of aromatic nitrogens is 3. The van der Waals surface area contributed by atoms with Crippen molar-refractivity contribution in [1.82, 2.24) is 24.2 Å². The fourth-order valence-corrected chi connectivity index (χ4v) is 5.89. The highest BCUT2D eigenvalue weighted by atomic mass is 32.2. The Balaban J connectivity index is 1.26. The van der Waals surface area contributed by atoms with Crippen molar-refractivity contribution in [3.05, 3.63) is 66.4 Å². The third-order valence-electron chi connectivity index (χ3n) is 6.21. The Labute approximate surface area is 187 Å². The van der Waals surface area contributed by atoms with E-state index in [2.05, 4.69) is 10.3 Å². The van der Waals surface area contributed by atoms with Gasteiger partial charge in [0.05, 0.1) is 17.1 Å². The van der Waals surface area contributed by atoms with Crippen LogP contribution in [0.3, 0.4) is 0 Å². The first-order valence-corrected chi connectivity index (χ1v) is 12.3. The molecule has 1 atom stereocenters. The van der Waals surface area contributed by atoms with E-state index in [4.69, 9.17) is 0 Å². The van der Waals surface area contributed by atoms with Gasteiger partial charge in [0.2, 0.25) is 10.0 Å². The summed E-state index contributed by atoms with van der Waals surface area (Å²) in [5.74, 6) is -0.0963. The Hall–Kier alpha value is -3.04. The molecule has 3 aromatic rings. The summed E-state index contributed by atoms with van der Waals surface area (Å²) in [5, 5.41) is 8.55. The van der Waals surface area contributed by atoms with Gasteiger partial charge in [-0.3, -0.25) is 4.79 Å². The van der Waals surface area contributed by atoms with Crippen molar-refractivity contribution in [3.8, 4) is 11.3 Å². The Morgan fingerprint density at radius 2 is 1.66 bits per heavy atom. The van der Waals surface area contributed by atoms with Crippen molar-refractivity contribution in [2.24, 2.45) is 0 Å². The average Bonchev–Trinajstić information content (AvgIpc) is 3.60. The van der Waals surface area contributed by atoms with Crippen molar-refractivity contribution in [2.75, 3.05) is 26.2 Å². The van der Waals surface area contributed by atoms with Gasteiger partial charge >= 0.3 is 0 Å². The van der Waals surface area contributed by atoms with Gasteiger partial charge in [0.1, 0.15) is 5.69 Å². The van der Waals surface area contributed by atoms with Crippen LogP contribution >= 0.6 is 0 Å². The molecular formula is C23H25N5O3S. The maximum absolute atomic E-state index is 13.0. The number of rotatable bonds is 5. The van der Waals surface area contributed by atoms with E-state index in [0.717, 1.165) is 30.5 Å². The van der Waals surface area contributed by atoms with Crippen LogP contribution in [0.25, 0.3) is 11.3 Å². The van der Waals surface area contributed by atoms with Gasteiger partial charge in [-0.15, -0.1) is 5.10 Å². The van der Waals surface area contributed by atoms with E-state index in [9.17, 15) is 13.2 Å². The van der Waals surface area contributed by atoms with E-state index in [1.807, 2.05) is 41.2 Å². The number of hydrogen-bond donors (Lipinski definition) is 0. The molecule has 2 aliphatic rings. The summed E-state index contributed by atoms with van der Waals surface area (Å²) in [7, 11) is -3.48. The molecule has 3 heterocycles. The largest absolute Gasteiger partial charge is 0.336 e. The van der Waals surface area contributed by atoms with Crippen LogP contribution in [0.15, 0.2) is 65.7 Å². The lowest BCUT2D eigenvalue weighted by molar-refractivity contribution is 0.0787. The van der Waals surface area contributed by atoms with Crippen molar-refractivity contribution in [3.63, 3.8) is 0 Å². The van der Waals surface area contributed by atoms with Gasteiger partial charge in [0.15, 0.2) is 0 Å². The lowest BCUT2D eigenvalue weighted by Crippen LogP contribution is -2.30. The lowest BCUT2D eigenvalue weighted by atomic mass is 10.2.